The Hall–Kier alpha value is -2.11. The Balaban J connectivity index is 1.88. The fourth-order valence-corrected chi connectivity index (χ4v) is 7.22. The number of thiocarbonyl (C=S) groups is 1. The maximum absolute atomic E-state index is 13.4. The van der Waals surface area contributed by atoms with E-state index >= 15 is 0 Å². The molecule has 1 aliphatic carbocycles. The molecule has 0 spiro atoms. The second kappa shape index (κ2) is 10.2. The van der Waals surface area contributed by atoms with Gasteiger partial charge in [-0.15, -0.1) is 0 Å². The van der Waals surface area contributed by atoms with Gasteiger partial charge in [-0.05, 0) is 56.1 Å². The van der Waals surface area contributed by atoms with Crippen LogP contribution < -0.4 is 10.5 Å². The molecule has 6 nitrogen and oxygen atoms in total. The summed E-state index contributed by atoms with van der Waals surface area (Å²) in [6, 6.07) is 2.33. The Morgan fingerprint density at radius 1 is 1.18 bits per heavy atom. The van der Waals surface area contributed by atoms with Crippen molar-refractivity contribution in [3.63, 3.8) is 0 Å². The summed E-state index contributed by atoms with van der Waals surface area (Å²) in [5, 5.41) is 9.84. The number of carbonyl (C=O) groups is 1. The fraction of sp³-hybridized carbons (Fsp3) is 0.615. The third-order valence-electron chi connectivity index (χ3n) is 7.25. The summed E-state index contributed by atoms with van der Waals surface area (Å²) >= 11 is 6.96. The Bertz CT molecular complexity index is 1120. The van der Waals surface area contributed by atoms with Crippen LogP contribution in [0.4, 0.5) is 5.82 Å². The number of pyridine rings is 1. The van der Waals surface area contributed by atoms with E-state index in [1.165, 1.54) is 11.8 Å². The molecule has 0 bridgehead atoms. The summed E-state index contributed by atoms with van der Waals surface area (Å²) in [4.78, 5) is 31.5. The summed E-state index contributed by atoms with van der Waals surface area (Å²) in [7, 11) is 0. The average molecular weight is 499 g/mol. The van der Waals surface area contributed by atoms with Gasteiger partial charge in [0.25, 0.3) is 11.5 Å². The van der Waals surface area contributed by atoms with Crippen LogP contribution in [-0.4, -0.2) is 38.8 Å². The molecule has 3 heterocycles. The molecular weight excluding hydrogens is 464 g/mol. The molecule has 0 aromatic carbocycles. The molecule has 0 radical (unpaired) electrons. The van der Waals surface area contributed by atoms with Crippen LogP contribution in [-0.2, 0) is 11.3 Å². The van der Waals surface area contributed by atoms with E-state index in [9.17, 15) is 14.9 Å². The highest BCUT2D eigenvalue weighted by atomic mass is 32.2. The Morgan fingerprint density at radius 3 is 2.41 bits per heavy atom. The van der Waals surface area contributed by atoms with E-state index in [1.54, 1.807) is 9.47 Å². The fourth-order valence-electron chi connectivity index (χ4n) is 5.84. The van der Waals surface area contributed by atoms with Crippen LogP contribution >= 0.6 is 24.0 Å². The Morgan fingerprint density at radius 2 is 1.82 bits per heavy atom. The van der Waals surface area contributed by atoms with Crippen LogP contribution in [0.15, 0.2) is 9.70 Å². The molecule has 2 atom stereocenters. The molecule has 3 aliphatic rings. The highest BCUT2D eigenvalue weighted by Gasteiger charge is 2.39. The number of amides is 1. The molecule has 0 N–H and O–H groups in total. The van der Waals surface area contributed by atoms with E-state index in [2.05, 4.69) is 24.8 Å². The number of nitrogens with zero attached hydrogens (tertiary/aromatic N) is 4. The van der Waals surface area contributed by atoms with Crippen LogP contribution in [0.2, 0.25) is 0 Å². The third-order valence-corrected chi connectivity index (χ3v) is 8.58. The van der Waals surface area contributed by atoms with Gasteiger partial charge in [0.2, 0.25) is 0 Å². The summed E-state index contributed by atoms with van der Waals surface area (Å²) in [5.74, 6) is 1.80. The molecule has 1 saturated carbocycles. The van der Waals surface area contributed by atoms with Crippen LogP contribution in [0.1, 0.15) is 76.0 Å². The first kappa shape index (κ1) is 25.0. The van der Waals surface area contributed by atoms with Crippen molar-refractivity contribution in [2.75, 3.05) is 18.0 Å². The number of carbonyl (C=O) groups excluding carboxylic acids is 1. The molecule has 2 saturated heterocycles. The average Bonchev–Trinajstić information content (AvgIpc) is 3.39. The number of hydrogen-bond donors (Lipinski definition) is 0. The van der Waals surface area contributed by atoms with Crippen molar-refractivity contribution in [1.82, 2.24) is 9.47 Å². The molecule has 2 aliphatic heterocycles. The van der Waals surface area contributed by atoms with E-state index < -0.39 is 0 Å². The standard InChI is InChI=1S/C26H34N4O2S2/c1-5-10-29-23(28-14-16(2)11-17(3)15-28)20(18(4)21(13-27)24(29)31)12-22-25(32)30(26(33)34-22)19-8-6-7-9-19/h12,16-17,19H,5-11,14-15H2,1-4H3. The first-order valence-electron chi connectivity index (χ1n) is 12.5. The van der Waals surface area contributed by atoms with Crippen molar-refractivity contribution < 1.29 is 4.79 Å². The Labute approximate surface area is 212 Å². The van der Waals surface area contributed by atoms with Gasteiger partial charge in [-0.2, -0.15) is 5.26 Å². The molecule has 8 heteroatoms. The van der Waals surface area contributed by atoms with Gasteiger partial charge in [-0.3, -0.25) is 19.1 Å². The molecule has 182 valence electrons. The zero-order chi connectivity index (χ0) is 24.6. The van der Waals surface area contributed by atoms with Gasteiger partial charge < -0.3 is 4.90 Å². The minimum Gasteiger partial charge on any atom is -0.357 e. The van der Waals surface area contributed by atoms with Gasteiger partial charge in [-0.25, -0.2) is 0 Å². The lowest BCUT2D eigenvalue weighted by Gasteiger charge is -2.39. The minimum absolute atomic E-state index is 0.0422. The first-order chi connectivity index (χ1) is 16.3. The van der Waals surface area contributed by atoms with Gasteiger partial charge in [0.1, 0.15) is 21.8 Å². The predicted molar refractivity (Wildman–Crippen MR) is 143 cm³/mol. The van der Waals surface area contributed by atoms with E-state index in [1.807, 2.05) is 19.9 Å². The summed E-state index contributed by atoms with van der Waals surface area (Å²) < 4.78 is 2.38. The quantitative estimate of drug-likeness (QED) is 0.417. The SMILES string of the molecule is CCCn1c(N2CC(C)CC(C)C2)c(C=C2SC(=S)N(C3CCCC3)C2=O)c(C)c(C#N)c1=O. The second-order valence-electron chi connectivity index (χ2n) is 10.1. The lowest BCUT2D eigenvalue weighted by molar-refractivity contribution is -0.123. The van der Waals surface area contributed by atoms with Gasteiger partial charge in [0.15, 0.2) is 0 Å². The molecule has 4 rings (SSSR count). The molecule has 3 fully saturated rings. The van der Waals surface area contributed by atoms with E-state index in [0.29, 0.717) is 33.2 Å². The second-order valence-corrected chi connectivity index (χ2v) is 11.8. The van der Waals surface area contributed by atoms with Crippen LogP contribution in [0.3, 0.4) is 0 Å². The summed E-state index contributed by atoms with van der Waals surface area (Å²) in [5.41, 5.74) is 1.37. The van der Waals surface area contributed by atoms with Crippen LogP contribution in [0.25, 0.3) is 6.08 Å². The van der Waals surface area contributed by atoms with Crippen molar-refractivity contribution >= 4 is 46.1 Å². The number of hydrogen-bond acceptors (Lipinski definition) is 6. The first-order valence-corrected chi connectivity index (χ1v) is 13.7. The molecule has 1 amide bonds. The number of rotatable bonds is 5. The largest absolute Gasteiger partial charge is 0.357 e. The molecule has 1 aromatic heterocycles. The normalized spacial score (nSPS) is 25.0. The zero-order valence-corrected chi connectivity index (χ0v) is 22.2. The van der Waals surface area contributed by atoms with Gasteiger partial charge >= 0.3 is 0 Å². The van der Waals surface area contributed by atoms with Crippen molar-refractivity contribution in [1.29, 1.82) is 5.26 Å². The maximum atomic E-state index is 13.4. The number of aromatic nitrogens is 1. The maximum Gasteiger partial charge on any atom is 0.270 e. The molecule has 1 aromatic rings. The number of nitriles is 1. The highest BCUT2D eigenvalue weighted by Crippen LogP contribution is 2.40. The molecule has 2 unspecified atom stereocenters. The predicted octanol–water partition coefficient (Wildman–Crippen LogP) is 5.06. The molecule has 34 heavy (non-hydrogen) atoms. The topological polar surface area (TPSA) is 69.3 Å². The summed E-state index contributed by atoms with van der Waals surface area (Å²) in [6.07, 6.45) is 8.07. The van der Waals surface area contributed by atoms with Gasteiger partial charge in [-0.1, -0.05) is 57.6 Å². The van der Waals surface area contributed by atoms with Crippen molar-refractivity contribution in [2.45, 2.75) is 78.8 Å². The van der Waals surface area contributed by atoms with Gasteiger partial charge in [0.05, 0.1) is 4.91 Å². The molecular formula is C26H34N4O2S2. The zero-order valence-electron chi connectivity index (χ0n) is 20.6. The van der Waals surface area contributed by atoms with Crippen molar-refractivity contribution in [3.8, 4) is 6.07 Å². The van der Waals surface area contributed by atoms with Gasteiger partial charge in [0, 0.05) is 31.2 Å². The van der Waals surface area contributed by atoms with Crippen molar-refractivity contribution in [3.05, 3.63) is 31.9 Å². The number of anilines is 1. The van der Waals surface area contributed by atoms with Crippen molar-refractivity contribution in [2.24, 2.45) is 11.8 Å². The van der Waals surface area contributed by atoms with Crippen LogP contribution in [0.5, 0.6) is 0 Å². The van der Waals surface area contributed by atoms with Crippen LogP contribution in [0, 0.1) is 30.1 Å². The minimum atomic E-state index is -0.238. The Kier molecular flexibility index (Phi) is 7.54. The van der Waals surface area contributed by atoms with E-state index in [0.717, 1.165) is 63.0 Å². The van der Waals surface area contributed by atoms with E-state index in [-0.39, 0.29) is 23.1 Å². The highest BCUT2D eigenvalue weighted by molar-refractivity contribution is 8.26. The third kappa shape index (κ3) is 4.57. The summed E-state index contributed by atoms with van der Waals surface area (Å²) in [6.45, 7) is 10.6. The lowest BCUT2D eigenvalue weighted by Crippen LogP contribution is -2.43. The smallest absolute Gasteiger partial charge is 0.270 e. The number of thioether (sulfide) groups is 1. The number of piperidine rings is 1. The van der Waals surface area contributed by atoms with E-state index in [4.69, 9.17) is 12.2 Å². The monoisotopic (exact) mass is 498 g/mol. The lowest BCUT2D eigenvalue weighted by atomic mass is 9.91.